The van der Waals surface area contributed by atoms with Gasteiger partial charge in [0.2, 0.25) is 0 Å². The number of pyridine rings is 1. The lowest BCUT2D eigenvalue weighted by molar-refractivity contribution is -0.140. The Labute approximate surface area is 189 Å². The first kappa shape index (κ1) is 23.5. The van der Waals surface area contributed by atoms with E-state index in [0.717, 1.165) is 29.7 Å². The first-order valence-electron chi connectivity index (χ1n) is 10.9. The Morgan fingerprint density at radius 2 is 1.91 bits per heavy atom. The molecule has 0 bridgehead atoms. The lowest BCUT2D eigenvalue weighted by Crippen LogP contribution is -2.35. The molecule has 3 rings (SSSR count). The van der Waals surface area contributed by atoms with Crippen molar-refractivity contribution in [3.8, 4) is 5.75 Å². The van der Waals surface area contributed by atoms with Crippen LogP contribution in [0.15, 0.2) is 48.3 Å². The Morgan fingerprint density at radius 3 is 2.53 bits per heavy atom. The molecule has 1 aliphatic heterocycles. The summed E-state index contributed by atoms with van der Waals surface area (Å²) >= 11 is 0. The number of carbonyl (C=O) groups excluding carboxylic acids is 2. The molecule has 0 spiro atoms. The van der Waals surface area contributed by atoms with E-state index in [2.05, 4.69) is 11.9 Å². The van der Waals surface area contributed by atoms with Crippen LogP contribution in [-0.4, -0.2) is 65.4 Å². The second kappa shape index (κ2) is 10.4. The van der Waals surface area contributed by atoms with Crippen LogP contribution in [0, 0.1) is 6.92 Å². The third-order valence-electron chi connectivity index (χ3n) is 5.55. The van der Waals surface area contributed by atoms with E-state index in [4.69, 9.17) is 4.74 Å². The molecule has 1 atom stereocenters. The van der Waals surface area contributed by atoms with Crippen molar-refractivity contribution in [3.05, 3.63) is 65.0 Å². The molecule has 1 aromatic carbocycles. The molecular formula is C25H31N3O4. The van der Waals surface area contributed by atoms with Crippen LogP contribution < -0.4 is 4.74 Å². The third-order valence-corrected chi connectivity index (χ3v) is 5.55. The van der Waals surface area contributed by atoms with Crippen molar-refractivity contribution in [2.75, 3.05) is 33.8 Å². The summed E-state index contributed by atoms with van der Waals surface area (Å²) < 4.78 is 5.80. The van der Waals surface area contributed by atoms with Gasteiger partial charge in [0.25, 0.3) is 11.7 Å². The van der Waals surface area contributed by atoms with Gasteiger partial charge >= 0.3 is 0 Å². The molecule has 170 valence electrons. The molecule has 0 aliphatic carbocycles. The van der Waals surface area contributed by atoms with Gasteiger partial charge in [-0.15, -0.1) is 0 Å². The first-order chi connectivity index (χ1) is 15.3. The van der Waals surface area contributed by atoms with Crippen molar-refractivity contribution < 1.29 is 19.4 Å². The normalized spacial score (nSPS) is 17.9. The summed E-state index contributed by atoms with van der Waals surface area (Å²) in [5.74, 6) is -0.719. The molecule has 1 N–H and O–H groups in total. The summed E-state index contributed by atoms with van der Waals surface area (Å²) in [6.45, 7) is 5.59. The number of benzene rings is 1. The lowest BCUT2D eigenvalue weighted by Gasteiger charge is -2.26. The summed E-state index contributed by atoms with van der Waals surface area (Å²) in [5, 5.41) is 11.2. The van der Waals surface area contributed by atoms with Crippen molar-refractivity contribution in [1.29, 1.82) is 0 Å². The Morgan fingerprint density at radius 1 is 1.19 bits per heavy atom. The van der Waals surface area contributed by atoms with E-state index in [1.165, 1.54) is 4.90 Å². The number of aliphatic hydroxyl groups is 1. The van der Waals surface area contributed by atoms with Gasteiger partial charge in [-0.2, -0.15) is 0 Å². The van der Waals surface area contributed by atoms with E-state index in [-0.39, 0.29) is 11.3 Å². The van der Waals surface area contributed by atoms with E-state index in [1.54, 1.807) is 42.7 Å². The van der Waals surface area contributed by atoms with E-state index in [9.17, 15) is 14.7 Å². The van der Waals surface area contributed by atoms with E-state index < -0.39 is 17.7 Å². The second-order valence-corrected chi connectivity index (χ2v) is 8.26. The van der Waals surface area contributed by atoms with Gasteiger partial charge in [-0.1, -0.05) is 13.3 Å². The lowest BCUT2D eigenvalue weighted by atomic mass is 9.95. The monoisotopic (exact) mass is 437 g/mol. The van der Waals surface area contributed by atoms with Crippen LogP contribution >= 0.6 is 0 Å². The van der Waals surface area contributed by atoms with Crippen molar-refractivity contribution in [1.82, 2.24) is 14.8 Å². The van der Waals surface area contributed by atoms with Crippen LogP contribution in [0.5, 0.6) is 5.75 Å². The standard InChI is InChI=1S/C25H31N3O4/c1-5-6-15-32-20-8-7-19(16-17(20)2)23(29)21-22(18-9-11-26-12-10-18)28(14-13-27(3)4)25(31)24(21)30/h7-12,16,22,29H,5-6,13-15H2,1-4H3/b23-21+/t22-/m0/s1. The van der Waals surface area contributed by atoms with Crippen LogP contribution in [0.4, 0.5) is 0 Å². The Kier molecular flexibility index (Phi) is 7.64. The molecule has 2 aromatic rings. The highest BCUT2D eigenvalue weighted by atomic mass is 16.5. The van der Waals surface area contributed by atoms with Crippen molar-refractivity contribution in [2.45, 2.75) is 32.7 Å². The number of aryl methyl sites for hydroxylation is 1. The highest BCUT2D eigenvalue weighted by Gasteiger charge is 2.45. The van der Waals surface area contributed by atoms with Crippen LogP contribution in [0.2, 0.25) is 0 Å². The molecule has 2 heterocycles. The fourth-order valence-corrected chi connectivity index (χ4v) is 3.75. The molecule has 7 heteroatoms. The summed E-state index contributed by atoms with van der Waals surface area (Å²) in [4.78, 5) is 33.4. The fourth-order valence-electron chi connectivity index (χ4n) is 3.75. The highest BCUT2D eigenvalue weighted by Crippen LogP contribution is 2.39. The van der Waals surface area contributed by atoms with Crippen LogP contribution in [0.1, 0.15) is 42.5 Å². The molecular weight excluding hydrogens is 406 g/mol. The minimum absolute atomic E-state index is 0.0963. The molecule has 0 radical (unpaired) electrons. The van der Waals surface area contributed by atoms with Gasteiger partial charge in [-0.25, -0.2) is 0 Å². The number of likely N-dealkylation sites (tertiary alicyclic amines) is 1. The number of likely N-dealkylation sites (N-methyl/N-ethyl adjacent to an activating group) is 1. The summed E-state index contributed by atoms with van der Waals surface area (Å²) in [7, 11) is 3.82. The first-order valence-corrected chi connectivity index (χ1v) is 10.9. The number of unbranched alkanes of at least 4 members (excludes halogenated alkanes) is 1. The van der Waals surface area contributed by atoms with Crippen LogP contribution in [0.25, 0.3) is 5.76 Å². The molecule has 32 heavy (non-hydrogen) atoms. The minimum Gasteiger partial charge on any atom is -0.507 e. The van der Waals surface area contributed by atoms with Crippen LogP contribution in [-0.2, 0) is 9.59 Å². The van der Waals surface area contributed by atoms with Gasteiger partial charge in [0.1, 0.15) is 11.5 Å². The zero-order valence-corrected chi connectivity index (χ0v) is 19.2. The fraction of sp³-hybridized carbons (Fsp3) is 0.400. The Bertz CT molecular complexity index is 1000. The van der Waals surface area contributed by atoms with Gasteiger partial charge in [0.05, 0.1) is 18.2 Å². The molecule has 1 amide bonds. The topological polar surface area (TPSA) is 83.0 Å². The molecule has 1 fully saturated rings. The Balaban J connectivity index is 2.03. The predicted octanol–water partition coefficient (Wildman–Crippen LogP) is 3.55. The zero-order valence-electron chi connectivity index (χ0n) is 19.2. The molecule has 1 aliphatic rings. The maximum absolute atomic E-state index is 13.0. The summed E-state index contributed by atoms with van der Waals surface area (Å²) in [6.07, 6.45) is 5.24. The number of rotatable bonds is 9. The molecule has 1 aromatic heterocycles. The molecule has 0 unspecified atom stereocenters. The molecule has 0 saturated carbocycles. The number of nitrogens with zero attached hydrogens (tertiary/aromatic N) is 3. The van der Waals surface area contributed by atoms with Crippen molar-refractivity contribution in [2.24, 2.45) is 0 Å². The third kappa shape index (κ3) is 4.99. The van der Waals surface area contributed by atoms with Gasteiger partial charge in [-0.3, -0.25) is 14.6 Å². The second-order valence-electron chi connectivity index (χ2n) is 8.26. The van der Waals surface area contributed by atoms with Crippen molar-refractivity contribution in [3.63, 3.8) is 0 Å². The number of aliphatic hydroxyl groups excluding tert-OH is 1. The highest BCUT2D eigenvalue weighted by molar-refractivity contribution is 6.46. The predicted molar refractivity (Wildman–Crippen MR) is 123 cm³/mol. The van der Waals surface area contributed by atoms with E-state index >= 15 is 0 Å². The molecule has 7 nitrogen and oxygen atoms in total. The SMILES string of the molecule is CCCCOc1ccc(/C(O)=C2\C(=O)C(=O)N(CCN(C)C)[C@H]2c2ccncc2)cc1C. The van der Waals surface area contributed by atoms with Crippen LogP contribution in [0.3, 0.4) is 0 Å². The number of hydrogen-bond acceptors (Lipinski definition) is 6. The Hall–Kier alpha value is -3.19. The minimum atomic E-state index is -0.677. The number of Topliss-reactive ketones (excluding diaryl/α,β-unsaturated/α-hetero) is 1. The van der Waals surface area contributed by atoms with Gasteiger partial charge in [-0.05, 0) is 68.9 Å². The zero-order chi connectivity index (χ0) is 23.3. The average Bonchev–Trinajstić information content (AvgIpc) is 3.03. The van der Waals surface area contributed by atoms with Gasteiger partial charge in [0.15, 0.2) is 0 Å². The maximum atomic E-state index is 13.0. The number of amides is 1. The van der Waals surface area contributed by atoms with E-state index in [0.29, 0.717) is 25.3 Å². The number of ether oxygens (including phenoxy) is 1. The number of ketones is 1. The maximum Gasteiger partial charge on any atom is 0.295 e. The summed E-state index contributed by atoms with van der Waals surface area (Å²) in [6, 6.07) is 8.17. The average molecular weight is 438 g/mol. The summed E-state index contributed by atoms with van der Waals surface area (Å²) in [5.41, 5.74) is 2.16. The van der Waals surface area contributed by atoms with Crippen molar-refractivity contribution >= 4 is 17.4 Å². The largest absolute Gasteiger partial charge is 0.507 e. The number of carbonyl (C=O) groups is 2. The molecule has 1 saturated heterocycles. The smallest absolute Gasteiger partial charge is 0.295 e. The quantitative estimate of drug-likeness (QED) is 0.280. The van der Waals surface area contributed by atoms with Gasteiger partial charge < -0.3 is 19.6 Å². The number of hydrogen-bond donors (Lipinski definition) is 1. The van der Waals surface area contributed by atoms with E-state index in [1.807, 2.05) is 25.9 Å². The van der Waals surface area contributed by atoms with Gasteiger partial charge in [0, 0.05) is 31.0 Å². The number of aromatic nitrogens is 1.